The summed E-state index contributed by atoms with van der Waals surface area (Å²) in [5.74, 6) is 1.12. The van der Waals surface area contributed by atoms with Crippen molar-refractivity contribution in [2.45, 2.75) is 5.60 Å². The minimum Gasteiger partial charge on any atom is -0.508 e. The first-order valence-electron chi connectivity index (χ1n) is 18.9. The van der Waals surface area contributed by atoms with E-state index in [9.17, 15) is 24.6 Å². The molecule has 292 valence electrons. The van der Waals surface area contributed by atoms with Crippen LogP contribution >= 0.6 is 0 Å². The van der Waals surface area contributed by atoms with E-state index >= 15 is 0 Å². The molecule has 11 rings (SSSR count). The average Bonchev–Trinajstić information content (AvgIpc) is 3.56. The molecule has 3 aliphatic heterocycles. The summed E-state index contributed by atoms with van der Waals surface area (Å²) in [5.41, 5.74) is 4.31. The Morgan fingerprint density at radius 3 is 2.20 bits per heavy atom. The molecule has 7 aromatic carbocycles. The van der Waals surface area contributed by atoms with Crippen molar-refractivity contribution in [3.63, 3.8) is 0 Å². The second-order valence-electron chi connectivity index (χ2n) is 14.4. The highest BCUT2D eigenvalue weighted by Gasteiger charge is 2.54. The van der Waals surface area contributed by atoms with E-state index in [1.807, 2.05) is 72.8 Å². The van der Waals surface area contributed by atoms with Crippen molar-refractivity contribution in [3.8, 4) is 51.2 Å². The summed E-state index contributed by atoms with van der Waals surface area (Å²) in [6.07, 6.45) is 0. The van der Waals surface area contributed by atoms with Gasteiger partial charge in [0, 0.05) is 45.3 Å². The van der Waals surface area contributed by atoms with Crippen molar-refractivity contribution in [1.29, 1.82) is 0 Å². The van der Waals surface area contributed by atoms with Crippen molar-refractivity contribution >= 4 is 44.5 Å². The molecule has 0 fully saturated rings. The first-order chi connectivity index (χ1) is 29.2. The predicted molar refractivity (Wildman–Crippen MR) is 225 cm³/mol. The third-order valence-corrected chi connectivity index (χ3v) is 11.2. The summed E-state index contributed by atoms with van der Waals surface area (Å²) in [7, 11) is 2.97. The molecule has 1 spiro atoms. The van der Waals surface area contributed by atoms with E-state index in [1.165, 1.54) is 25.3 Å². The number of esters is 2. The maximum absolute atomic E-state index is 12.8. The molecule has 0 radical (unpaired) electrons. The van der Waals surface area contributed by atoms with Gasteiger partial charge in [0.05, 0.1) is 36.1 Å². The molecular weight excluding hydrogens is 761 g/mol. The van der Waals surface area contributed by atoms with Gasteiger partial charge >= 0.3 is 11.9 Å². The number of aromatic hydroxyl groups is 2. The van der Waals surface area contributed by atoms with E-state index in [1.54, 1.807) is 61.7 Å². The number of methoxy groups -OCH3 is 2. The second kappa shape index (κ2) is 13.8. The van der Waals surface area contributed by atoms with Crippen LogP contribution in [0.4, 0.5) is 0 Å². The Hall–Kier alpha value is -8.11. The summed E-state index contributed by atoms with van der Waals surface area (Å²) in [4.78, 5) is 37.4. The largest absolute Gasteiger partial charge is 0.508 e. The smallest absolute Gasteiger partial charge is 0.340 e. The van der Waals surface area contributed by atoms with E-state index in [2.05, 4.69) is 0 Å². The standard InChI is InChI=1S/C26H18O5.C24H14O5/c1-29-21-9-5-6-15-10-12-20-24(17-7-3-4-8-18(17)26(28)30-2)19-13-11-16(27)14-22(19)31-25(20)23(15)21;25-14-9-11-17-20(12-14)28-22-18(10-8-13-4-3-7-19(26)21(13)22)24(17)16-6-2-1-5-15(16)23(27)29-24/h3-14H,1-2H3;1-12,25-26H. The Kier molecular flexibility index (Phi) is 8.32. The third kappa shape index (κ3) is 5.38. The Morgan fingerprint density at radius 2 is 1.38 bits per heavy atom. The van der Waals surface area contributed by atoms with Crippen molar-refractivity contribution in [1.82, 2.24) is 0 Å². The third-order valence-electron chi connectivity index (χ3n) is 11.2. The molecule has 1 atom stereocenters. The first-order valence-corrected chi connectivity index (χ1v) is 18.9. The number of fused-ring (bicyclic) bond motifs is 12. The number of carbonyl (C=O) groups is 2. The fourth-order valence-electron chi connectivity index (χ4n) is 8.58. The van der Waals surface area contributed by atoms with Crippen LogP contribution in [0.1, 0.15) is 37.4 Å². The van der Waals surface area contributed by atoms with Crippen LogP contribution in [0.2, 0.25) is 0 Å². The Bertz CT molecular complexity index is 3290. The lowest BCUT2D eigenvalue weighted by Gasteiger charge is -2.37. The molecule has 3 heterocycles. The monoisotopic (exact) mass is 792 g/mol. The van der Waals surface area contributed by atoms with Crippen molar-refractivity contribution in [2.24, 2.45) is 0 Å². The van der Waals surface area contributed by atoms with Gasteiger partial charge in [-0.25, -0.2) is 9.59 Å². The molecule has 7 aromatic rings. The topological polar surface area (TPSA) is 142 Å². The van der Waals surface area contributed by atoms with Gasteiger partial charge in [0.25, 0.3) is 0 Å². The maximum Gasteiger partial charge on any atom is 0.340 e. The highest BCUT2D eigenvalue weighted by atomic mass is 16.6. The summed E-state index contributed by atoms with van der Waals surface area (Å²) in [6, 6.07) is 42.6. The van der Waals surface area contributed by atoms with Crippen LogP contribution in [-0.4, -0.2) is 36.4 Å². The minimum atomic E-state index is -1.22. The molecule has 10 heteroatoms. The highest BCUT2D eigenvalue weighted by Crippen LogP contribution is 2.58. The normalized spacial score (nSPS) is 14.8. The fourth-order valence-corrected chi connectivity index (χ4v) is 8.58. The Balaban J connectivity index is 0.000000145. The molecule has 0 bridgehead atoms. The van der Waals surface area contributed by atoms with Crippen LogP contribution in [0.15, 0.2) is 155 Å². The number of phenolic OH excluding ortho intramolecular Hbond substituents is 2. The van der Waals surface area contributed by atoms with Gasteiger partial charge < -0.3 is 33.6 Å². The molecule has 0 amide bonds. The van der Waals surface area contributed by atoms with Crippen LogP contribution < -0.4 is 14.9 Å². The summed E-state index contributed by atoms with van der Waals surface area (Å²) < 4.78 is 29.1. The van der Waals surface area contributed by atoms with Gasteiger partial charge in [-0.05, 0) is 77.0 Å². The Labute approximate surface area is 341 Å². The quantitative estimate of drug-likeness (QED) is 0.101. The van der Waals surface area contributed by atoms with E-state index in [0.717, 1.165) is 32.7 Å². The van der Waals surface area contributed by atoms with Crippen molar-refractivity contribution < 1.29 is 43.2 Å². The number of ether oxygens (including phenoxy) is 4. The number of rotatable bonds is 3. The molecule has 0 saturated carbocycles. The average molecular weight is 793 g/mol. The van der Waals surface area contributed by atoms with E-state index in [4.69, 9.17) is 23.4 Å². The highest BCUT2D eigenvalue weighted by molar-refractivity contribution is 6.16. The van der Waals surface area contributed by atoms with E-state index < -0.39 is 17.5 Å². The van der Waals surface area contributed by atoms with Gasteiger partial charge in [0.15, 0.2) is 11.0 Å². The van der Waals surface area contributed by atoms with Gasteiger partial charge in [0.1, 0.15) is 40.1 Å². The summed E-state index contributed by atoms with van der Waals surface area (Å²) >= 11 is 0. The molecule has 1 aliphatic carbocycles. The zero-order chi connectivity index (χ0) is 41.3. The number of carbonyl (C=O) groups excluding carboxylic acids is 2. The molecular formula is C50H32O10. The predicted octanol–water partition coefficient (Wildman–Crippen LogP) is 10.3. The molecule has 10 nitrogen and oxygen atoms in total. The van der Waals surface area contributed by atoms with Gasteiger partial charge in [-0.2, -0.15) is 0 Å². The van der Waals surface area contributed by atoms with Crippen molar-refractivity contribution in [2.75, 3.05) is 14.2 Å². The molecule has 60 heavy (non-hydrogen) atoms. The SMILES string of the molecule is COC(=O)c1ccccc1-c1c2ccc(=O)cc-2oc2c1ccc1cccc(OC)c12.O=C1OC2(c3ccc(O)cc3Oc3c2ccc2cccc(O)c32)c2ccccc21. The fraction of sp³-hybridized carbons (Fsp3) is 0.0600. The van der Waals surface area contributed by atoms with Gasteiger partial charge in [0.2, 0.25) is 0 Å². The molecule has 4 aliphatic rings. The van der Waals surface area contributed by atoms with Gasteiger partial charge in [-0.3, -0.25) is 4.79 Å². The van der Waals surface area contributed by atoms with Crippen molar-refractivity contribution in [3.05, 3.63) is 184 Å². The number of hydrogen-bond acceptors (Lipinski definition) is 10. The van der Waals surface area contributed by atoms with Crippen LogP contribution in [0, 0.1) is 0 Å². The lowest BCUT2D eigenvalue weighted by Crippen LogP contribution is -2.33. The lowest BCUT2D eigenvalue weighted by atomic mass is 9.77. The van der Waals surface area contributed by atoms with Crippen LogP contribution in [0.5, 0.6) is 28.7 Å². The van der Waals surface area contributed by atoms with E-state index in [0.29, 0.717) is 67.4 Å². The number of phenols is 2. The second-order valence-corrected chi connectivity index (χ2v) is 14.4. The van der Waals surface area contributed by atoms with Crippen LogP contribution in [-0.2, 0) is 15.1 Å². The number of hydrogen-bond donors (Lipinski definition) is 2. The van der Waals surface area contributed by atoms with Gasteiger partial charge in [-0.1, -0.05) is 72.8 Å². The number of benzene rings is 8. The molecule has 0 saturated heterocycles. The molecule has 1 unspecified atom stereocenters. The van der Waals surface area contributed by atoms with Gasteiger partial charge in [-0.15, -0.1) is 0 Å². The minimum absolute atomic E-state index is 0.0319. The maximum atomic E-state index is 12.8. The molecule has 0 aromatic heterocycles. The lowest BCUT2D eigenvalue weighted by molar-refractivity contribution is 0.0225. The first kappa shape index (κ1) is 36.2. The zero-order valence-electron chi connectivity index (χ0n) is 32.0. The Morgan fingerprint density at radius 1 is 0.650 bits per heavy atom. The van der Waals surface area contributed by atoms with Crippen LogP contribution in [0.25, 0.3) is 55.0 Å². The summed E-state index contributed by atoms with van der Waals surface area (Å²) in [5, 5.41) is 24.5. The van der Waals surface area contributed by atoms with Crippen LogP contribution in [0.3, 0.4) is 0 Å². The molecule has 2 N–H and O–H groups in total. The zero-order valence-corrected chi connectivity index (χ0v) is 32.0. The summed E-state index contributed by atoms with van der Waals surface area (Å²) in [6.45, 7) is 0. The van der Waals surface area contributed by atoms with E-state index in [-0.39, 0.29) is 16.9 Å².